The number of hydrogen-bond donors (Lipinski definition) is 1. The lowest BCUT2D eigenvalue weighted by Crippen LogP contribution is -2.19. The highest BCUT2D eigenvalue weighted by atomic mass is 32.2. The van der Waals surface area contributed by atoms with Crippen LogP contribution in [-0.2, 0) is 10.0 Å². The zero-order chi connectivity index (χ0) is 14.6. The first-order valence-corrected chi connectivity index (χ1v) is 7.65. The van der Waals surface area contributed by atoms with Gasteiger partial charge in [-0.3, -0.25) is 0 Å². The van der Waals surface area contributed by atoms with Crippen LogP contribution in [0.4, 0.5) is 0 Å². The number of sulfonamides is 1. The summed E-state index contributed by atoms with van der Waals surface area (Å²) in [5.41, 5.74) is 2.64. The van der Waals surface area contributed by atoms with Gasteiger partial charge in [0.25, 0.3) is 10.0 Å². The van der Waals surface area contributed by atoms with Gasteiger partial charge in [-0.25, -0.2) is 0 Å². The number of hydrogen-bond acceptors (Lipinski definition) is 3. The summed E-state index contributed by atoms with van der Waals surface area (Å²) in [7, 11) is -3.61. The smallest absolute Gasteiger partial charge is 0.200 e. The number of benzene rings is 2. The summed E-state index contributed by atoms with van der Waals surface area (Å²) >= 11 is 0. The van der Waals surface area contributed by atoms with Crippen molar-refractivity contribution in [3.05, 3.63) is 65.7 Å². The molecular formula is C15H16N2O2S. The quantitative estimate of drug-likeness (QED) is 0.694. The van der Waals surface area contributed by atoms with Crippen LogP contribution in [0, 0.1) is 6.92 Å². The van der Waals surface area contributed by atoms with E-state index in [0.29, 0.717) is 5.71 Å². The van der Waals surface area contributed by atoms with Crippen molar-refractivity contribution in [1.82, 2.24) is 4.83 Å². The normalized spacial score (nSPS) is 12.2. The zero-order valence-electron chi connectivity index (χ0n) is 11.4. The molecule has 0 saturated heterocycles. The third kappa shape index (κ3) is 3.45. The molecule has 0 aliphatic carbocycles. The maximum absolute atomic E-state index is 12.0. The van der Waals surface area contributed by atoms with Crippen molar-refractivity contribution in [3.8, 4) is 0 Å². The van der Waals surface area contributed by atoms with Gasteiger partial charge in [0.1, 0.15) is 0 Å². The molecule has 0 bridgehead atoms. The molecule has 0 spiro atoms. The van der Waals surface area contributed by atoms with Crippen molar-refractivity contribution < 1.29 is 8.42 Å². The van der Waals surface area contributed by atoms with Crippen LogP contribution in [0.3, 0.4) is 0 Å². The van der Waals surface area contributed by atoms with Gasteiger partial charge in [-0.05, 0) is 31.5 Å². The predicted octanol–water partition coefficient (Wildman–Crippen LogP) is 2.70. The Morgan fingerprint density at radius 3 is 2.20 bits per heavy atom. The van der Waals surface area contributed by atoms with E-state index < -0.39 is 10.0 Å². The molecule has 0 heterocycles. The number of nitrogens with zero attached hydrogens (tertiary/aromatic N) is 1. The van der Waals surface area contributed by atoms with Gasteiger partial charge in [-0.15, -0.1) is 0 Å². The summed E-state index contributed by atoms with van der Waals surface area (Å²) < 4.78 is 24.0. The van der Waals surface area contributed by atoms with Crippen molar-refractivity contribution in [2.45, 2.75) is 18.7 Å². The van der Waals surface area contributed by atoms with Gasteiger partial charge >= 0.3 is 0 Å². The number of nitrogens with one attached hydrogen (secondary N) is 1. The van der Waals surface area contributed by atoms with E-state index in [0.717, 1.165) is 11.1 Å². The van der Waals surface area contributed by atoms with Crippen LogP contribution < -0.4 is 4.83 Å². The first kappa shape index (κ1) is 14.3. The van der Waals surface area contributed by atoms with E-state index in [4.69, 9.17) is 0 Å². The van der Waals surface area contributed by atoms with Crippen molar-refractivity contribution in [3.63, 3.8) is 0 Å². The second kappa shape index (κ2) is 5.88. The SMILES string of the molecule is C/C(=N\NS(=O)(=O)c1ccccc1)c1ccc(C)cc1. The minimum atomic E-state index is -3.61. The Labute approximate surface area is 119 Å². The maximum atomic E-state index is 12.0. The van der Waals surface area contributed by atoms with Gasteiger partial charge in [-0.1, -0.05) is 48.0 Å². The molecule has 0 atom stereocenters. The Hall–Kier alpha value is -2.14. The minimum Gasteiger partial charge on any atom is -0.200 e. The summed E-state index contributed by atoms with van der Waals surface area (Å²) in [6.45, 7) is 3.76. The fourth-order valence-corrected chi connectivity index (χ4v) is 2.52. The van der Waals surface area contributed by atoms with E-state index in [1.807, 2.05) is 31.2 Å². The molecule has 0 aromatic heterocycles. The first-order valence-electron chi connectivity index (χ1n) is 6.17. The molecule has 1 N–H and O–H groups in total. The molecule has 0 unspecified atom stereocenters. The molecular weight excluding hydrogens is 272 g/mol. The standard InChI is InChI=1S/C15H16N2O2S/c1-12-8-10-14(11-9-12)13(2)16-17-20(18,19)15-6-4-3-5-7-15/h3-11,17H,1-2H3/b16-13+. The molecule has 5 heteroatoms. The van der Waals surface area contributed by atoms with Gasteiger partial charge in [0, 0.05) is 0 Å². The summed E-state index contributed by atoms with van der Waals surface area (Å²) in [5, 5.41) is 3.95. The van der Waals surface area contributed by atoms with Gasteiger partial charge in [0.2, 0.25) is 0 Å². The molecule has 0 saturated carbocycles. The van der Waals surface area contributed by atoms with Gasteiger partial charge < -0.3 is 0 Å². The van der Waals surface area contributed by atoms with Crippen LogP contribution in [0.15, 0.2) is 64.6 Å². The van der Waals surface area contributed by atoms with Gasteiger partial charge in [0.15, 0.2) is 0 Å². The summed E-state index contributed by atoms with van der Waals surface area (Å²) in [6, 6.07) is 15.9. The van der Waals surface area contributed by atoms with Crippen LogP contribution in [0.25, 0.3) is 0 Å². The van der Waals surface area contributed by atoms with Crippen LogP contribution in [0.2, 0.25) is 0 Å². The highest BCUT2D eigenvalue weighted by Gasteiger charge is 2.11. The lowest BCUT2D eigenvalue weighted by molar-refractivity contribution is 0.584. The molecule has 0 aliphatic rings. The molecule has 0 amide bonds. The van der Waals surface area contributed by atoms with E-state index in [1.165, 1.54) is 12.1 Å². The number of hydrazone groups is 1. The lowest BCUT2D eigenvalue weighted by atomic mass is 10.1. The zero-order valence-corrected chi connectivity index (χ0v) is 12.2. The van der Waals surface area contributed by atoms with Crippen LogP contribution in [0.5, 0.6) is 0 Å². The average Bonchev–Trinajstić information content (AvgIpc) is 2.46. The lowest BCUT2D eigenvalue weighted by Gasteiger charge is -2.05. The largest absolute Gasteiger partial charge is 0.276 e. The Morgan fingerprint density at radius 1 is 1.00 bits per heavy atom. The van der Waals surface area contributed by atoms with Crippen molar-refractivity contribution >= 4 is 15.7 Å². The van der Waals surface area contributed by atoms with Crippen LogP contribution in [-0.4, -0.2) is 14.1 Å². The van der Waals surface area contributed by atoms with Crippen molar-refractivity contribution in [2.24, 2.45) is 5.10 Å². The van der Waals surface area contributed by atoms with Gasteiger partial charge in [-0.2, -0.15) is 18.4 Å². The molecule has 4 nitrogen and oxygen atoms in total. The van der Waals surface area contributed by atoms with Crippen molar-refractivity contribution in [2.75, 3.05) is 0 Å². The number of rotatable bonds is 4. The molecule has 0 radical (unpaired) electrons. The summed E-state index contributed by atoms with van der Waals surface area (Å²) in [4.78, 5) is 2.44. The maximum Gasteiger partial charge on any atom is 0.276 e. The van der Waals surface area contributed by atoms with Crippen LogP contribution >= 0.6 is 0 Å². The predicted molar refractivity (Wildman–Crippen MR) is 80.2 cm³/mol. The van der Waals surface area contributed by atoms with E-state index in [2.05, 4.69) is 9.93 Å². The molecule has 20 heavy (non-hydrogen) atoms. The van der Waals surface area contributed by atoms with E-state index in [1.54, 1.807) is 25.1 Å². The fourth-order valence-electron chi connectivity index (χ4n) is 1.64. The average molecular weight is 288 g/mol. The molecule has 2 aromatic carbocycles. The topological polar surface area (TPSA) is 58.5 Å². The molecule has 0 fully saturated rings. The third-order valence-electron chi connectivity index (χ3n) is 2.86. The monoisotopic (exact) mass is 288 g/mol. The Kier molecular flexibility index (Phi) is 4.20. The Balaban J connectivity index is 2.18. The molecule has 104 valence electrons. The second-order valence-corrected chi connectivity index (χ2v) is 6.13. The van der Waals surface area contributed by atoms with E-state index >= 15 is 0 Å². The van der Waals surface area contributed by atoms with E-state index in [-0.39, 0.29) is 4.90 Å². The molecule has 2 aromatic rings. The van der Waals surface area contributed by atoms with E-state index in [9.17, 15) is 8.42 Å². The minimum absolute atomic E-state index is 0.195. The summed E-state index contributed by atoms with van der Waals surface area (Å²) in [6.07, 6.45) is 0. The molecule has 0 aliphatic heterocycles. The fraction of sp³-hybridized carbons (Fsp3) is 0.133. The Bertz CT molecular complexity index is 705. The second-order valence-electron chi connectivity index (χ2n) is 4.47. The summed E-state index contributed by atoms with van der Waals surface area (Å²) in [5.74, 6) is 0. The first-order chi connectivity index (χ1) is 9.49. The highest BCUT2D eigenvalue weighted by molar-refractivity contribution is 7.89. The highest BCUT2D eigenvalue weighted by Crippen LogP contribution is 2.08. The third-order valence-corrected chi connectivity index (χ3v) is 4.08. The Morgan fingerprint density at radius 2 is 1.60 bits per heavy atom. The van der Waals surface area contributed by atoms with Crippen molar-refractivity contribution in [1.29, 1.82) is 0 Å². The number of aryl methyl sites for hydroxylation is 1. The van der Waals surface area contributed by atoms with Gasteiger partial charge in [0.05, 0.1) is 10.6 Å². The van der Waals surface area contributed by atoms with Crippen LogP contribution in [0.1, 0.15) is 18.1 Å². The molecule has 2 rings (SSSR count).